The van der Waals surface area contributed by atoms with Crippen LogP contribution in [0.1, 0.15) is 65.4 Å². The molecule has 0 radical (unpaired) electrons. The number of carbonyl (C=O) groups excluding carboxylic acids is 3. The van der Waals surface area contributed by atoms with Crippen molar-refractivity contribution in [1.82, 2.24) is 15.6 Å². The Bertz CT molecular complexity index is 1190. The second kappa shape index (κ2) is 11.7. The zero-order chi connectivity index (χ0) is 25.5. The number of benzene rings is 1. The summed E-state index contributed by atoms with van der Waals surface area (Å²) in [5.41, 5.74) is 3.14. The summed E-state index contributed by atoms with van der Waals surface area (Å²) in [7, 11) is 0. The zero-order valence-corrected chi connectivity index (χ0v) is 20.7. The van der Waals surface area contributed by atoms with E-state index in [0.29, 0.717) is 11.3 Å². The van der Waals surface area contributed by atoms with Gasteiger partial charge >= 0.3 is 0 Å². The standard InChI is InChI=1S/C28H32N4O4/c1-19-8-6-11-23(20(19)2)32(25(33)18-30-27(34)24-12-7-17-36-24)26(21-13-15-29-16-14-21)28(35)31-22-9-4-3-5-10-22/h6-8,11-17,22,26H,3-5,9-10,18H2,1-2H3,(H,30,34)(H,31,35)/t26-/m0/s1. The largest absolute Gasteiger partial charge is 0.459 e. The van der Waals surface area contributed by atoms with Crippen LogP contribution >= 0.6 is 0 Å². The Hall–Kier alpha value is -3.94. The molecule has 1 aliphatic rings. The number of rotatable bonds is 8. The molecule has 188 valence electrons. The number of amides is 3. The van der Waals surface area contributed by atoms with Gasteiger partial charge in [-0.15, -0.1) is 0 Å². The maximum atomic E-state index is 13.8. The normalized spacial score (nSPS) is 14.6. The van der Waals surface area contributed by atoms with Crippen molar-refractivity contribution < 1.29 is 18.8 Å². The topological polar surface area (TPSA) is 105 Å². The fraction of sp³-hybridized carbons (Fsp3) is 0.357. The first kappa shape index (κ1) is 25.2. The van der Waals surface area contributed by atoms with Crippen molar-refractivity contribution in [2.75, 3.05) is 11.4 Å². The molecular formula is C28H32N4O4. The summed E-state index contributed by atoms with van der Waals surface area (Å²) in [5, 5.41) is 5.82. The Kier molecular flexibility index (Phi) is 8.15. The third-order valence-corrected chi connectivity index (χ3v) is 6.73. The van der Waals surface area contributed by atoms with Gasteiger partial charge in [-0.25, -0.2) is 0 Å². The third-order valence-electron chi connectivity index (χ3n) is 6.73. The minimum atomic E-state index is -0.927. The molecule has 0 spiro atoms. The first-order valence-corrected chi connectivity index (χ1v) is 12.4. The number of aryl methyl sites for hydroxylation is 1. The molecule has 2 N–H and O–H groups in total. The highest BCUT2D eigenvalue weighted by molar-refractivity contribution is 6.04. The number of hydrogen-bond donors (Lipinski definition) is 2. The van der Waals surface area contributed by atoms with Gasteiger partial charge in [0.25, 0.3) is 5.91 Å². The number of hydrogen-bond acceptors (Lipinski definition) is 5. The van der Waals surface area contributed by atoms with Gasteiger partial charge in [-0.2, -0.15) is 0 Å². The number of furan rings is 1. The first-order chi connectivity index (χ1) is 17.5. The number of carbonyl (C=O) groups is 3. The molecule has 0 bridgehead atoms. The van der Waals surface area contributed by atoms with Crippen LogP contribution in [-0.4, -0.2) is 35.3 Å². The molecule has 1 saturated carbocycles. The summed E-state index contributed by atoms with van der Waals surface area (Å²) in [6.07, 6.45) is 9.78. The smallest absolute Gasteiger partial charge is 0.287 e. The molecular weight excluding hydrogens is 456 g/mol. The number of pyridine rings is 1. The average Bonchev–Trinajstić information content (AvgIpc) is 3.44. The summed E-state index contributed by atoms with van der Waals surface area (Å²) >= 11 is 0. The molecule has 4 rings (SSSR count). The Morgan fingerprint density at radius 1 is 1.03 bits per heavy atom. The van der Waals surface area contributed by atoms with Crippen LogP contribution in [0, 0.1) is 13.8 Å². The van der Waals surface area contributed by atoms with Crippen molar-refractivity contribution in [2.24, 2.45) is 0 Å². The second-order valence-corrected chi connectivity index (χ2v) is 9.17. The molecule has 1 fully saturated rings. The maximum absolute atomic E-state index is 13.8. The lowest BCUT2D eigenvalue weighted by Gasteiger charge is -2.34. The molecule has 3 amide bonds. The van der Waals surface area contributed by atoms with E-state index in [0.717, 1.165) is 36.8 Å². The molecule has 0 saturated heterocycles. The predicted molar refractivity (Wildman–Crippen MR) is 136 cm³/mol. The van der Waals surface area contributed by atoms with Crippen LogP contribution in [0.5, 0.6) is 0 Å². The Labute approximate surface area is 211 Å². The van der Waals surface area contributed by atoms with Crippen LogP contribution in [0.3, 0.4) is 0 Å². The maximum Gasteiger partial charge on any atom is 0.287 e. The van der Waals surface area contributed by atoms with E-state index in [2.05, 4.69) is 15.6 Å². The molecule has 8 nitrogen and oxygen atoms in total. The first-order valence-electron chi connectivity index (χ1n) is 12.4. The second-order valence-electron chi connectivity index (χ2n) is 9.17. The van der Waals surface area contributed by atoms with Gasteiger partial charge in [-0.3, -0.25) is 24.3 Å². The highest BCUT2D eigenvalue weighted by Crippen LogP contribution is 2.32. The molecule has 2 heterocycles. The molecule has 3 aromatic rings. The Morgan fingerprint density at radius 2 is 1.78 bits per heavy atom. The summed E-state index contributed by atoms with van der Waals surface area (Å²) in [6.45, 7) is 3.59. The number of nitrogens with one attached hydrogen (secondary N) is 2. The predicted octanol–water partition coefficient (Wildman–Crippen LogP) is 4.24. The number of aromatic nitrogens is 1. The number of anilines is 1. The quantitative estimate of drug-likeness (QED) is 0.493. The summed E-state index contributed by atoms with van der Waals surface area (Å²) < 4.78 is 5.14. The Balaban J connectivity index is 1.70. The fourth-order valence-corrected chi connectivity index (χ4v) is 4.64. The highest BCUT2D eigenvalue weighted by atomic mass is 16.3. The van der Waals surface area contributed by atoms with E-state index in [-0.39, 0.29) is 24.3 Å². The molecule has 0 unspecified atom stereocenters. The van der Waals surface area contributed by atoms with Crippen molar-refractivity contribution in [2.45, 2.75) is 58.0 Å². The van der Waals surface area contributed by atoms with Gasteiger partial charge in [0.15, 0.2) is 5.76 Å². The molecule has 1 atom stereocenters. The van der Waals surface area contributed by atoms with Gasteiger partial charge in [-0.05, 0) is 73.7 Å². The van der Waals surface area contributed by atoms with E-state index in [9.17, 15) is 14.4 Å². The van der Waals surface area contributed by atoms with Crippen LogP contribution in [-0.2, 0) is 9.59 Å². The molecule has 8 heteroatoms. The van der Waals surface area contributed by atoms with Gasteiger partial charge in [-0.1, -0.05) is 31.4 Å². The average molecular weight is 489 g/mol. The summed E-state index contributed by atoms with van der Waals surface area (Å²) in [5.74, 6) is -1.05. The van der Waals surface area contributed by atoms with Crippen molar-refractivity contribution >= 4 is 23.4 Å². The van der Waals surface area contributed by atoms with E-state index in [1.807, 2.05) is 32.0 Å². The van der Waals surface area contributed by atoms with Crippen LogP contribution < -0.4 is 15.5 Å². The summed E-state index contributed by atoms with van der Waals surface area (Å²) in [6, 6.07) is 11.4. The monoisotopic (exact) mass is 488 g/mol. The van der Waals surface area contributed by atoms with Gasteiger partial charge in [0.05, 0.1) is 12.8 Å². The molecule has 1 aliphatic carbocycles. The van der Waals surface area contributed by atoms with Crippen LogP contribution in [0.4, 0.5) is 5.69 Å². The lowest BCUT2D eigenvalue weighted by Crippen LogP contribution is -2.50. The number of nitrogens with zero attached hydrogens (tertiary/aromatic N) is 2. The summed E-state index contributed by atoms with van der Waals surface area (Å²) in [4.78, 5) is 45.7. The van der Waals surface area contributed by atoms with E-state index >= 15 is 0 Å². The third kappa shape index (κ3) is 5.82. The van der Waals surface area contributed by atoms with Crippen LogP contribution in [0.15, 0.2) is 65.5 Å². The SMILES string of the molecule is Cc1cccc(N(C(=O)CNC(=O)c2ccco2)[C@H](C(=O)NC2CCCCC2)c2ccncc2)c1C. The minimum Gasteiger partial charge on any atom is -0.459 e. The van der Waals surface area contributed by atoms with Gasteiger partial charge in [0, 0.05) is 24.1 Å². The lowest BCUT2D eigenvalue weighted by molar-refractivity contribution is -0.127. The molecule has 1 aromatic carbocycles. The molecule has 36 heavy (non-hydrogen) atoms. The molecule has 2 aromatic heterocycles. The van der Waals surface area contributed by atoms with Crippen LogP contribution in [0.2, 0.25) is 0 Å². The molecule has 0 aliphatic heterocycles. The fourth-order valence-electron chi connectivity index (χ4n) is 4.64. The van der Waals surface area contributed by atoms with E-state index in [1.54, 1.807) is 30.6 Å². The van der Waals surface area contributed by atoms with Gasteiger partial charge in [0.2, 0.25) is 11.8 Å². The van der Waals surface area contributed by atoms with E-state index in [4.69, 9.17) is 4.42 Å². The Morgan fingerprint density at radius 3 is 2.47 bits per heavy atom. The van der Waals surface area contributed by atoms with E-state index < -0.39 is 17.9 Å². The highest BCUT2D eigenvalue weighted by Gasteiger charge is 2.35. The minimum absolute atomic E-state index is 0.0739. The van der Waals surface area contributed by atoms with Gasteiger partial charge in [0.1, 0.15) is 6.04 Å². The van der Waals surface area contributed by atoms with Crippen molar-refractivity contribution in [3.05, 3.63) is 83.6 Å². The van der Waals surface area contributed by atoms with Crippen molar-refractivity contribution in [1.29, 1.82) is 0 Å². The van der Waals surface area contributed by atoms with Crippen molar-refractivity contribution in [3.63, 3.8) is 0 Å². The zero-order valence-electron chi connectivity index (χ0n) is 20.7. The van der Waals surface area contributed by atoms with E-state index in [1.165, 1.54) is 23.7 Å². The van der Waals surface area contributed by atoms with Crippen molar-refractivity contribution in [3.8, 4) is 0 Å². The lowest BCUT2D eigenvalue weighted by atomic mass is 9.94. The van der Waals surface area contributed by atoms with Crippen LogP contribution in [0.25, 0.3) is 0 Å². The van der Waals surface area contributed by atoms with Gasteiger partial charge < -0.3 is 15.1 Å².